The molecule has 0 aromatic heterocycles. The third kappa shape index (κ3) is 2.69. The second-order valence-corrected chi connectivity index (χ2v) is 7.21. The number of alkyl halides is 2. The summed E-state index contributed by atoms with van der Waals surface area (Å²) in [5.41, 5.74) is 0.283. The first kappa shape index (κ1) is 14.2. The van der Waals surface area contributed by atoms with Crippen molar-refractivity contribution in [3.8, 4) is 0 Å². The van der Waals surface area contributed by atoms with E-state index in [1.54, 1.807) is 0 Å². The van der Waals surface area contributed by atoms with Crippen LogP contribution in [0.25, 0.3) is 0 Å². The van der Waals surface area contributed by atoms with Crippen molar-refractivity contribution in [1.82, 2.24) is 0 Å². The van der Waals surface area contributed by atoms with Crippen LogP contribution in [0.3, 0.4) is 0 Å². The zero-order valence-corrected chi connectivity index (χ0v) is 11.6. The Morgan fingerprint density at radius 2 is 1.65 bits per heavy atom. The van der Waals surface area contributed by atoms with Crippen LogP contribution in [0.2, 0.25) is 0 Å². The van der Waals surface area contributed by atoms with Crippen LogP contribution in [0.1, 0.15) is 44.9 Å². The maximum absolute atomic E-state index is 12.8. The number of carbonyl (C=O) groups is 1. The molecule has 4 aliphatic rings. The minimum atomic E-state index is -3.87. The molecule has 0 aromatic rings. The van der Waals surface area contributed by atoms with Crippen LogP contribution in [0.5, 0.6) is 0 Å². The van der Waals surface area contributed by atoms with Crippen molar-refractivity contribution < 1.29 is 23.4 Å². The lowest BCUT2D eigenvalue weighted by atomic mass is 9.49. The van der Waals surface area contributed by atoms with E-state index in [4.69, 9.17) is 4.74 Å². The highest BCUT2D eigenvalue weighted by Crippen LogP contribution is 2.61. The van der Waals surface area contributed by atoms with E-state index in [2.05, 4.69) is 0 Å². The molecule has 0 aromatic carbocycles. The fourth-order valence-electron chi connectivity index (χ4n) is 5.14. The molecule has 0 heterocycles. The molecular formula is C15H21F2O3-. The number of rotatable bonds is 6. The first-order valence-corrected chi connectivity index (χ1v) is 7.56. The first-order chi connectivity index (χ1) is 9.39. The van der Waals surface area contributed by atoms with E-state index in [-0.39, 0.29) is 12.0 Å². The summed E-state index contributed by atoms with van der Waals surface area (Å²) in [6.07, 6.45) is 8.46. The number of carbonyl (C=O) groups excluding carboxylic acids is 1. The minimum absolute atomic E-state index is 0.231. The minimum Gasteiger partial charge on any atom is -0.544 e. The number of halogens is 2. The summed E-state index contributed by atoms with van der Waals surface area (Å²) in [6.45, 7) is -0.837. The van der Waals surface area contributed by atoms with Gasteiger partial charge >= 0.3 is 5.92 Å². The molecule has 0 aliphatic heterocycles. The van der Waals surface area contributed by atoms with Gasteiger partial charge in [-0.1, -0.05) is 0 Å². The van der Waals surface area contributed by atoms with Crippen molar-refractivity contribution in [1.29, 1.82) is 0 Å². The van der Waals surface area contributed by atoms with Crippen LogP contribution in [0, 0.1) is 23.2 Å². The molecule has 0 amide bonds. The molecule has 20 heavy (non-hydrogen) atoms. The van der Waals surface area contributed by atoms with Crippen molar-refractivity contribution in [2.45, 2.75) is 50.9 Å². The van der Waals surface area contributed by atoms with E-state index in [1.807, 2.05) is 0 Å². The molecule has 4 aliphatic carbocycles. The Kier molecular flexibility index (Phi) is 3.51. The van der Waals surface area contributed by atoms with E-state index in [0.717, 1.165) is 24.2 Å². The largest absolute Gasteiger partial charge is 0.544 e. The lowest BCUT2D eigenvalue weighted by Crippen LogP contribution is -2.47. The topological polar surface area (TPSA) is 49.4 Å². The summed E-state index contributed by atoms with van der Waals surface area (Å²) in [5, 5.41) is 10.2. The molecule has 0 unspecified atom stereocenters. The van der Waals surface area contributed by atoms with Gasteiger partial charge in [-0.15, -0.1) is 0 Å². The van der Waals surface area contributed by atoms with Crippen LogP contribution in [-0.2, 0) is 9.53 Å². The molecule has 0 radical (unpaired) electrons. The summed E-state index contributed by atoms with van der Waals surface area (Å²) < 4.78 is 30.6. The summed E-state index contributed by atoms with van der Waals surface area (Å²) in [5.74, 6) is -3.75. The Morgan fingerprint density at radius 3 is 2.10 bits per heavy atom. The average molecular weight is 287 g/mol. The third-order valence-electron chi connectivity index (χ3n) is 5.52. The van der Waals surface area contributed by atoms with Crippen LogP contribution in [0.4, 0.5) is 8.78 Å². The Bertz CT molecular complexity index is 359. The van der Waals surface area contributed by atoms with Gasteiger partial charge in [-0.25, -0.2) is 0 Å². The highest BCUT2D eigenvalue weighted by Gasteiger charge is 2.50. The van der Waals surface area contributed by atoms with Gasteiger partial charge in [-0.05, 0) is 68.1 Å². The summed E-state index contributed by atoms with van der Waals surface area (Å²) in [7, 11) is 0. The predicted octanol–water partition coefficient (Wildman–Crippen LogP) is 1.99. The van der Waals surface area contributed by atoms with Crippen LogP contribution in [0.15, 0.2) is 0 Å². The molecule has 4 rings (SSSR count). The molecule has 4 fully saturated rings. The average Bonchev–Trinajstić information content (AvgIpc) is 2.33. The normalized spacial score (nSPS) is 39.2. The zero-order valence-electron chi connectivity index (χ0n) is 11.6. The molecule has 0 atom stereocenters. The monoisotopic (exact) mass is 287 g/mol. The maximum atomic E-state index is 12.8. The molecule has 4 bridgehead atoms. The number of carboxylic acid groups (broad SMARTS) is 1. The number of ether oxygens (including phenoxy) is 1. The molecule has 0 N–H and O–H groups in total. The molecule has 0 spiro atoms. The Balaban J connectivity index is 1.48. The summed E-state index contributed by atoms with van der Waals surface area (Å²) >= 11 is 0. The van der Waals surface area contributed by atoms with Gasteiger partial charge in [0.25, 0.3) is 0 Å². The lowest BCUT2D eigenvalue weighted by Gasteiger charge is -2.57. The Labute approximate surface area is 117 Å². The number of carboxylic acids is 1. The van der Waals surface area contributed by atoms with Gasteiger partial charge in [0.1, 0.15) is 12.6 Å². The summed E-state index contributed by atoms with van der Waals surface area (Å²) in [4.78, 5) is 10.2. The molecule has 114 valence electrons. The highest BCUT2D eigenvalue weighted by atomic mass is 19.3. The second-order valence-electron chi connectivity index (χ2n) is 7.21. The van der Waals surface area contributed by atoms with Gasteiger partial charge in [0.2, 0.25) is 0 Å². The van der Waals surface area contributed by atoms with E-state index in [9.17, 15) is 18.7 Å². The van der Waals surface area contributed by atoms with Crippen LogP contribution in [-0.4, -0.2) is 25.1 Å². The van der Waals surface area contributed by atoms with Crippen LogP contribution >= 0.6 is 0 Å². The van der Waals surface area contributed by atoms with Crippen molar-refractivity contribution in [2.75, 3.05) is 13.2 Å². The van der Waals surface area contributed by atoms with E-state index >= 15 is 0 Å². The maximum Gasteiger partial charge on any atom is 0.309 e. The van der Waals surface area contributed by atoms with E-state index in [0.29, 0.717) is 0 Å². The van der Waals surface area contributed by atoms with Gasteiger partial charge in [-0.3, -0.25) is 0 Å². The standard InChI is InChI=1S/C15H22F2O3/c16-15(17,13(18)19)9-20-2-1-14-6-10-3-11(7-14)5-12(4-10)8-14/h10-12H,1-9H2,(H,18,19)/p-1. The van der Waals surface area contributed by atoms with Crippen molar-refractivity contribution in [3.63, 3.8) is 0 Å². The zero-order chi connectivity index (χ0) is 14.4. The number of aliphatic carboxylic acids is 1. The smallest absolute Gasteiger partial charge is 0.309 e. The van der Waals surface area contributed by atoms with E-state index < -0.39 is 18.5 Å². The van der Waals surface area contributed by atoms with Gasteiger partial charge in [0.15, 0.2) is 0 Å². The highest BCUT2D eigenvalue weighted by molar-refractivity contribution is 5.73. The van der Waals surface area contributed by atoms with Crippen molar-refractivity contribution >= 4 is 5.97 Å². The van der Waals surface area contributed by atoms with Gasteiger partial charge < -0.3 is 14.6 Å². The number of hydrogen-bond donors (Lipinski definition) is 0. The fourth-order valence-corrected chi connectivity index (χ4v) is 5.14. The quantitative estimate of drug-likeness (QED) is 0.702. The van der Waals surface area contributed by atoms with Crippen LogP contribution < -0.4 is 5.11 Å². The van der Waals surface area contributed by atoms with Gasteiger partial charge in [0.05, 0.1) is 0 Å². The molecular weight excluding hydrogens is 266 g/mol. The molecule has 5 heteroatoms. The van der Waals surface area contributed by atoms with E-state index in [1.165, 1.54) is 38.5 Å². The number of hydrogen-bond acceptors (Lipinski definition) is 3. The van der Waals surface area contributed by atoms with Gasteiger partial charge in [0, 0.05) is 6.61 Å². The molecule has 4 saturated carbocycles. The Hall–Kier alpha value is -0.710. The second kappa shape index (κ2) is 4.93. The Morgan fingerprint density at radius 1 is 1.15 bits per heavy atom. The third-order valence-corrected chi connectivity index (χ3v) is 5.52. The van der Waals surface area contributed by atoms with Gasteiger partial charge in [-0.2, -0.15) is 8.78 Å². The SMILES string of the molecule is O=C([O-])C(F)(F)COCCC12CC3CC(CC(C3)C1)C2. The van der Waals surface area contributed by atoms with Crippen molar-refractivity contribution in [2.24, 2.45) is 23.2 Å². The molecule has 0 saturated heterocycles. The lowest BCUT2D eigenvalue weighted by molar-refractivity contribution is -0.332. The summed E-state index contributed by atoms with van der Waals surface area (Å²) in [6, 6.07) is 0. The fraction of sp³-hybridized carbons (Fsp3) is 0.933. The molecule has 3 nitrogen and oxygen atoms in total. The predicted molar refractivity (Wildman–Crippen MR) is 66.0 cm³/mol. The van der Waals surface area contributed by atoms with Crippen molar-refractivity contribution in [3.05, 3.63) is 0 Å². The first-order valence-electron chi connectivity index (χ1n) is 7.56.